The molecule has 4 heteroatoms. The summed E-state index contributed by atoms with van der Waals surface area (Å²) in [5, 5.41) is 4.00. The van der Waals surface area contributed by atoms with Crippen molar-refractivity contribution in [3.8, 4) is 17.0 Å². The average Bonchev–Trinajstić information content (AvgIpc) is 2.63. The van der Waals surface area contributed by atoms with E-state index in [1.54, 1.807) is 0 Å². The molecule has 0 amide bonds. The topological polar surface area (TPSA) is 34.2 Å². The van der Waals surface area contributed by atoms with E-state index in [0.717, 1.165) is 42.4 Å². The van der Waals surface area contributed by atoms with Gasteiger partial charge in [0.2, 0.25) is 0 Å². The van der Waals surface area contributed by atoms with Crippen molar-refractivity contribution in [2.75, 3.05) is 18.5 Å². The Balaban J connectivity index is 2.01. The van der Waals surface area contributed by atoms with Crippen LogP contribution >= 0.6 is 11.6 Å². The first-order valence-corrected chi connectivity index (χ1v) is 6.34. The van der Waals surface area contributed by atoms with Crippen LogP contribution in [0.5, 0.6) is 5.75 Å². The minimum Gasteiger partial charge on any atom is -0.490 e. The van der Waals surface area contributed by atoms with Gasteiger partial charge in [0, 0.05) is 17.1 Å². The Bertz CT molecular complexity index is 571. The number of aromatic nitrogens is 1. The molecule has 1 aromatic carbocycles. The summed E-state index contributed by atoms with van der Waals surface area (Å²) >= 11 is 6.00. The smallest absolute Gasteiger partial charge is 0.169 e. The van der Waals surface area contributed by atoms with Crippen molar-refractivity contribution in [2.45, 2.75) is 6.42 Å². The Morgan fingerprint density at radius 3 is 3.06 bits per heavy atom. The number of fused-ring (bicyclic) bond motifs is 1. The van der Waals surface area contributed by atoms with Gasteiger partial charge in [-0.25, -0.2) is 4.98 Å². The monoisotopic (exact) mass is 260 g/mol. The highest BCUT2D eigenvalue weighted by molar-refractivity contribution is 6.30. The first-order valence-electron chi connectivity index (χ1n) is 5.96. The standard InChI is InChI=1S/C14H13ClN2O/c15-11-4-1-3-10(9-11)12-5-6-13-14(17-12)16-7-2-8-18-13/h1,3-6,9H,2,7-8H2,(H,16,17). The molecule has 1 aromatic heterocycles. The number of hydrogen-bond donors (Lipinski definition) is 1. The molecule has 0 bridgehead atoms. The predicted octanol–water partition coefficient (Wildman–Crippen LogP) is 3.60. The van der Waals surface area contributed by atoms with E-state index in [9.17, 15) is 0 Å². The van der Waals surface area contributed by atoms with Crippen LogP contribution in [0.15, 0.2) is 36.4 Å². The van der Waals surface area contributed by atoms with E-state index in [1.165, 1.54) is 0 Å². The summed E-state index contributed by atoms with van der Waals surface area (Å²) in [7, 11) is 0. The summed E-state index contributed by atoms with van der Waals surface area (Å²) < 4.78 is 5.61. The van der Waals surface area contributed by atoms with Crippen molar-refractivity contribution in [3.05, 3.63) is 41.4 Å². The molecule has 1 aliphatic heterocycles. The molecular weight excluding hydrogens is 248 g/mol. The summed E-state index contributed by atoms with van der Waals surface area (Å²) in [4.78, 5) is 4.59. The van der Waals surface area contributed by atoms with Crippen molar-refractivity contribution in [1.29, 1.82) is 0 Å². The Morgan fingerprint density at radius 1 is 1.22 bits per heavy atom. The van der Waals surface area contributed by atoms with Crippen molar-refractivity contribution in [3.63, 3.8) is 0 Å². The summed E-state index contributed by atoms with van der Waals surface area (Å²) in [6.45, 7) is 1.62. The molecule has 3 nitrogen and oxygen atoms in total. The third-order valence-electron chi connectivity index (χ3n) is 2.85. The van der Waals surface area contributed by atoms with Gasteiger partial charge in [0.15, 0.2) is 11.6 Å². The lowest BCUT2D eigenvalue weighted by Crippen LogP contribution is -2.01. The number of ether oxygens (including phenoxy) is 1. The van der Waals surface area contributed by atoms with Crippen LogP contribution < -0.4 is 10.1 Å². The molecular formula is C14H13ClN2O. The zero-order chi connectivity index (χ0) is 12.4. The maximum atomic E-state index is 6.00. The molecule has 0 radical (unpaired) electrons. The van der Waals surface area contributed by atoms with Crippen LogP contribution in [0, 0.1) is 0 Å². The highest BCUT2D eigenvalue weighted by Crippen LogP contribution is 2.29. The van der Waals surface area contributed by atoms with Crippen LogP contribution in [-0.4, -0.2) is 18.1 Å². The van der Waals surface area contributed by atoms with Gasteiger partial charge in [0.25, 0.3) is 0 Å². The van der Waals surface area contributed by atoms with Gasteiger partial charge >= 0.3 is 0 Å². The zero-order valence-electron chi connectivity index (χ0n) is 9.82. The summed E-state index contributed by atoms with van der Waals surface area (Å²) in [5.74, 6) is 1.63. The minimum absolute atomic E-state index is 0.716. The van der Waals surface area contributed by atoms with Crippen molar-refractivity contribution in [1.82, 2.24) is 4.98 Å². The summed E-state index contributed by atoms with van der Waals surface area (Å²) in [5.41, 5.74) is 1.91. The van der Waals surface area contributed by atoms with E-state index in [-0.39, 0.29) is 0 Å². The van der Waals surface area contributed by atoms with Gasteiger partial charge in [0.05, 0.1) is 12.3 Å². The molecule has 1 aliphatic rings. The number of nitrogens with zero attached hydrogens (tertiary/aromatic N) is 1. The molecule has 0 spiro atoms. The lowest BCUT2D eigenvalue weighted by atomic mass is 10.1. The number of benzene rings is 1. The quantitative estimate of drug-likeness (QED) is 0.851. The molecule has 2 aromatic rings. The van der Waals surface area contributed by atoms with Gasteiger partial charge in [-0.3, -0.25) is 0 Å². The van der Waals surface area contributed by atoms with Crippen molar-refractivity contribution < 1.29 is 4.74 Å². The van der Waals surface area contributed by atoms with E-state index in [2.05, 4.69) is 10.3 Å². The molecule has 0 aliphatic carbocycles. The first kappa shape index (κ1) is 11.4. The second kappa shape index (κ2) is 4.86. The highest BCUT2D eigenvalue weighted by Gasteiger charge is 2.11. The number of rotatable bonds is 1. The fraction of sp³-hybridized carbons (Fsp3) is 0.214. The average molecular weight is 261 g/mol. The number of pyridine rings is 1. The SMILES string of the molecule is Clc1cccc(-c2ccc3c(n2)NCCCO3)c1. The molecule has 0 saturated carbocycles. The lowest BCUT2D eigenvalue weighted by Gasteiger charge is -2.09. The molecule has 92 valence electrons. The molecule has 2 heterocycles. The van der Waals surface area contributed by atoms with Crippen LogP contribution in [0.1, 0.15) is 6.42 Å². The van der Waals surface area contributed by atoms with Gasteiger partial charge in [-0.2, -0.15) is 0 Å². The molecule has 0 fully saturated rings. The third-order valence-corrected chi connectivity index (χ3v) is 3.08. The van der Waals surface area contributed by atoms with Crippen LogP contribution in [0.3, 0.4) is 0 Å². The van der Waals surface area contributed by atoms with E-state index < -0.39 is 0 Å². The Morgan fingerprint density at radius 2 is 2.17 bits per heavy atom. The number of nitrogens with one attached hydrogen (secondary N) is 1. The molecule has 1 N–H and O–H groups in total. The van der Waals surface area contributed by atoms with E-state index >= 15 is 0 Å². The van der Waals surface area contributed by atoms with Gasteiger partial charge in [-0.05, 0) is 30.7 Å². The number of hydrogen-bond acceptors (Lipinski definition) is 3. The van der Waals surface area contributed by atoms with E-state index in [4.69, 9.17) is 16.3 Å². The second-order valence-corrected chi connectivity index (χ2v) is 4.62. The maximum Gasteiger partial charge on any atom is 0.169 e. The lowest BCUT2D eigenvalue weighted by molar-refractivity contribution is 0.322. The summed E-state index contributed by atoms with van der Waals surface area (Å²) in [6.07, 6.45) is 0.989. The van der Waals surface area contributed by atoms with Gasteiger partial charge in [-0.15, -0.1) is 0 Å². The number of anilines is 1. The van der Waals surface area contributed by atoms with Crippen molar-refractivity contribution in [2.24, 2.45) is 0 Å². The van der Waals surface area contributed by atoms with Crippen LogP contribution in [-0.2, 0) is 0 Å². The van der Waals surface area contributed by atoms with E-state index in [1.807, 2.05) is 36.4 Å². The fourth-order valence-electron chi connectivity index (χ4n) is 1.96. The van der Waals surface area contributed by atoms with Crippen LogP contribution in [0.25, 0.3) is 11.3 Å². The zero-order valence-corrected chi connectivity index (χ0v) is 10.6. The molecule has 3 rings (SSSR count). The first-order chi connectivity index (χ1) is 8.83. The van der Waals surface area contributed by atoms with Gasteiger partial charge in [-0.1, -0.05) is 23.7 Å². The Hall–Kier alpha value is -1.74. The summed E-state index contributed by atoms with van der Waals surface area (Å²) in [6, 6.07) is 11.6. The fourth-order valence-corrected chi connectivity index (χ4v) is 2.15. The van der Waals surface area contributed by atoms with Crippen LogP contribution in [0.4, 0.5) is 5.82 Å². The van der Waals surface area contributed by atoms with Gasteiger partial charge in [0.1, 0.15) is 0 Å². The molecule has 0 unspecified atom stereocenters. The Kier molecular flexibility index (Phi) is 3.07. The second-order valence-electron chi connectivity index (χ2n) is 4.18. The largest absolute Gasteiger partial charge is 0.490 e. The highest BCUT2D eigenvalue weighted by atomic mass is 35.5. The molecule has 18 heavy (non-hydrogen) atoms. The van der Waals surface area contributed by atoms with Gasteiger partial charge < -0.3 is 10.1 Å². The van der Waals surface area contributed by atoms with E-state index in [0.29, 0.717) is 5.02 Å². The maximum absolute atomic E-state index is 6.00. The Labute approximate surface area is 111 Å². The van der Waals surface area contributed by atoms with Crippen LogP contribution in [0.2, 0.25) is 5.02 Å². The predicted molar refractivity (Wildman–Crippen MR) is 73.3 cm³/mol. The van der Waals surface area contributed by atoms with Crippen molar-refractivity contribution >= 4 is 17.4 Å². The minimum atomic E-state index is 0.716. The normalized spacial score (nSPS) is 14.1. The molecule has 0 atom stereocenters. The third kappa shape index (κ3) is 2.27. The number of halogens is 1. The molecule has 0 saturated heterocycles.